The van der Waals surface area contributed by atoms with Crippen molar-refractivity contribution in [3.63, 3.8) is 0 Å². The van der Waals surface area contributed by atoms with Gasteiger partial charge in [-0.2, -0.15) is 13.2 Å². The standard InChI is InChI=1S/C33H38F4N4O4/c1-32(2,3)45-31(43)39-16-13-23(14-17-39)29-38-28(24-11-12-27(34)26(18-24)33(35,36)37)20-41(29)25-10-7-15-40(19-25)30(42)44-21-22-8-5-4-6-9-22/h4-6,8-9,11-12,18,20,23,25H,7,10,13-17,19,21H2,1-3H3. The predicted octanol–water partition coefficient (Wildman–Crippen LogP) is 7.80. The molecule has 8 nitrogen and oxygen atoms in total. The second-order valence-corrected chi connectivity index (χ2v) is 12.6. The molecule has 1 unspecified atom stereocenters. The van der Waals surface area contributed by atoms with Crippen LogP contribution in [0.5, 0.6) is 0 Å². The molecule has 2 aliphatic heterocycles. The number of alkyl halides is 3. The van der Waals surface area contributed by atoms with Crippen molar-refractivity contribution in [2.24, 2.45) is 0 Å². The minimum Gasteiger partial charge on any atom is -0.445 e. The number of carbonyl (C=O) groups is 2. The Morgan fingerprint density at radius 3 is 2.31 bits per heavy atom. The second-order valence-electron chi connectivity index (χ2n) is 12.6. The Morgan fingerprint density at radius 2 is 1.64 bits per heavy atom. The molecule has 5 rings (SSSR count). The minimum atomic E-state index is -4.86. The van der Waals surface area contributed by atoms with E-state index in [1.54, 1.807) is 36.8 Å². The Morgan fingerprint density at radius 1 is 0.933 bits per heavy atom. The fourth-order valence-electron chi connectivity index (χ4n) is 5.85. The summed E-state index contributed by atoms with van der Waals surface area (Å²) < 4.78 is 67.8. The van der Waals surface area contributed by atoms with Gasteiger partial charge in [0.2, 0.25) is 0 Å². The largest absolute Gasteiger partial charge is 0.445 e. The number of benzene rings is 2. The summed E-state index contributed by atoms with van der Waals surface area (Å²) in [6.45, 7) is 7.27. The molecule has 2 saturated heterocycles. The van der Waals surface area contributed by atoms with E-state index in [9.17, 15) is 27.2 Å². The van der Waals surface area contributed by atoms with E-state index in [4.69, 9.17) is 14.5 Å². The van der Waals surface area contributed by atoms with Gasteiger partial charge in [0, 0.05) is 43.9 Å². The van der Waals surface area contributed by atoms with E-state index in [1.165, 1.54) is 6.07 Å². The van der Waals surface area contributed by atoms with Crippen LogP contribution in [0.3, 0.4) is 0 Å². The highest BCUT2D eigenvalue weighted by Gasteiger charge is 2.36. The Labute approximate surface area is 259 Å². The molecule has 12 heteroatoms. The van der Waals surface area contributed by atoms with E-state index in [0.717, 1.165) is 24.1 Å². The van der Waals surface area contributed by atoms with E-state index >= 15 is 0 Å². The van der Waals surface area contributed by atoms with Gasteiger partial charge in [0.1, 0.15) is 23.8 Å². The number of imidazole rings is 1. The first-order valence-electron chi connectivity index (χ1n) is 15.2. The van der Waals surface area contributed by atoms with Gasteiger partial charge < -0.3 is 23.8 Å². The van der Waals surface area contributed by atoms with Gasteiger partial charge in [-0.3, -0.25) is 0 Å². The van der Waals surface area contributed by atoms with Gasteiger partial charge in [-0.15, -0.1) is 0 Å². The second kappa shape index (κ2) is 13.1. The smallest absolute Gasteiger partial charge is 0.419 e. The van der Waals surface area contributed by atoms with Crippen LogP contribution in [0.4, 0.5) is 27.2 Å². The topological polar surface area (TPSA) is 76.9 Å². The van der Waals surface area contributed by atoms with Crippen LogP contribution in [0.15, 0.2) is 54.7 Å². The molecule has 45 heavy (non-hydrogen) atoms. The third-order valence-electron chi connectivity index (χ3n) is 8.09. The van der Waals surface area contributed by atoms with Gasteiger partial charge in [0.05, 0.1) is 17.3 Å². The number of likely N-dealkylation sites (tertiary alicyclic amines) is 2. The molecule has 0 radical (unpaired) electrons. The fraction of sp³-hybridized carbons (Fsp3) is 0.485. The molecule has 1 atom stereocenters. The van der Waals surface area contributed by atoms with E-state index in [2.05, 4.69) is 0 Å². The zero-order chi connectivity index (χ0) is 32.4. The third kappa shape index (κ3) is 7.96. The van der Waals surface area contributed by atoms with E-state index in [1.807, 2.05) is 34.9 Å². The van der Waals surface area contributed by atoms with E-state index in [-0.39, 0.29) is 29.8 Å². The summed E-state index contributed by atoms with van der Waals surface area (Å²) in [6, 6.07) is 12.1. The molecule has 2 aromatic carbocycles. The first-order valence-corrected chi connectivity index (χ1v) is 15.2. The number of halogens is 4. The molecule has 242 valence electrons. The third-order valence-corrected chi connectivity index (χ3v) is 8.09. The lowest BCUT2D eigenvalue weighted by Crippen LogP contribution is -2.43. The van der Waals surface area contributed by atoms with Crippen LogP contribution in [0.2, 0.25) is 0 Å². The number of amides is 2. The molecular formula is C33H38F4N4O4. The van der Waals surface area contributed by atoms with E-state index in [0.29, 0.717) is 51.3 Å². The molecule has 0 spiro atoms. The summed E-state index contributed by atoms with van der Waals surface area (Å²) in [6.07, 6.45) is -1.43. The summed E-state index contributed by atoms with van der Waals surface area (Å²) >= 11 is 0. The van der Waals surface area contributed by atoms with Gasteiger partial charge in [0.25, 0.3) is 0 Å². The van der Waals surface area contributed by atoms with Crippen LogP contribution in [0.1, 0.15) is 75.4 Å². The highest BCUT2D eigenvalue weighted by molar-refractivity contribution is 5.68. The number of nitrogens with zero attached hydrogens (tertiary/aromatic N) is 4. The quantitative estimate of drug-likeness (QED) is 0.269. The Kier molecular flexibility index (Phi) is 9.41. The first-order chi connectivity index (χ1) is 21.3. The van der Waals surface area contributed by atoms with Crippen molar-refractivity contribution in [2.45, 2.75) is 76.8 Å². The fourth-order valence-corrected chi connectivity index (χ4v) is 5.85. The number of hydrogen-bond donors (Lipinski definition) is 0. The van der Waals surface area contributed by atoms with Crippen molar-refractivity contribution >= 4 is 12.2 Å². The maximum absolute atomic E-state index is 14.1. The average Bonchev–Trinajstić information content (AvgIpc) is 3.45. The highest BCUT2D eigenvalue weighted by atomic mass is 19.4. The summed E-state index contributed by atoms with van der Waals surface area (Å²) in [5.41, 5.74) is -0.680. The molecule has 2 amide bonds. The molecule has 0 bridgehead atoms. The SMILES string of the molecule is CC(C)(C)OC(=O)N1CCC(c2nc(-c3ccc(F)c(C(F)(F)F)c3)cn2C2CCCN(C(=O)OCc3ccccc3)C2)CC1. The number of ether oxygens (including phenoxy) is 2. The zero-order valence-corrected chi connectivity index (χ0v) is 25.6. The summed E-state index contributed by atoms with van der Waals surface area (Å²) in [4.78, 5) is 33.8. The lowest BCUT2D eigenvalue weighted by atomic mass is 9.95. The average molecular weight is 631 g/mol. The summed E-state index contributed by atoms with van der Waals surface area (Å²) in [5, 5.41) is 0. The molecule has 3 aromatic rings. The van der Waals surface area contributed by atoms with Crippen LogP contribution in [0.25, 0.3) is 11.3 Å². The first kappa shape index (κ1) is 32.3. The van der Waals surface area contributed by atoms with Gasteiger partial charge in [-0.25, -0.2) is 19.0 Å². The van der Waals surface area contributed by atoms with Crippen molar-refractivity contribution in [2.75, 3.05) is 26.2 Å². The Hall–Kier alpha value is -4.09. The molecule has 1 aromatic heterocycles. The number of carbonyl (C=O) groups excluding carboxylic acids is 2. The van der Waals surface area contributed by atoms with Crippen LogP contribution in [-0.2, 0) is 22.3 Å². The molecule has 3 heterocycles. The molecule has 0 saturated carbocycles. The minimum absolute atomic E-state index is 0.0969. The normalized spacial score (nSPS) is 18.2. The van der Waals surface area contributed by atoms with Gasteiger partial charge in [-0.05, 0) is 70.2 Å². The maximum Gasteiger partial charge on any atom is 0.419 e. The van der Waals surface area contributed by atoms with Crippen LogP contribution in [0, 0.1) is 5.82 Å². The maximum atomic E-state index is 14.1. The predicted molar refractivity (Wildman–Crippen MR) is 159 cm³/mol. The van der Waals surface area contributed by atoms with Crippen LogP contribution < -0.4 is 0 Å². The lowest BCUT2D eigenvalue weighted by Gasteiger charge is -2.36. The molecule has 0 N–H and O–H groups in total. The van der Waals surface area contributed by atoms with Gasteiger partial charge in [0.15, 0.2) is 0 Å². The molecular weight excluding hydrogens is 592 g/mol. The summed E-state index contributed by atoms with van der Waals surface area (Å²) in [5.74, 6) is -0.783. The number of hydrogen-bond acceptors (Lipinski definition) is 5. The van der Waals surface area contributed by atoms with Crippen LogP contribution in [-0.4, -0.2) is 63.3 Å². The van der Waals surface area contributed by atoms with Gasteiger partial charge >= 0.3 is 18.4 Å². The number of piperidine rings is 2. The Bertz CT molecular complexity index is 1490. The van der Waals surface area contributed by atoms with E-state index < -0.39 is 35.3 Å². The Balaban J connectivity index is 1.39. The highest BCUT2D eigenvalue weighted by Crippen LogP contribution is 2.37. The van der Waals surface area contributed by atoms with Crippen LogP contribution >= 0.6 is 0 Å². The monoisotopic (exact) mass is 630 g/mol. The number of rotatable bonds is 5. The van der Waals surface area contributed by atoms with Crippen molar-refractivity contribution in [1.82, 2.24) is 19.4 Å². The number of aromatic nitrogens is 2. The zero-order valence-electron chi connectivity index (χ0n) is 25.6. The molecule has 2 fully saturated rings. The molecule has 2 aliphatic rings. The lowest BCUT2D eigenvalue weighted by molar-refractivity contribution is -0.139. The van der Waals surface area contributed by atoms with Crippen molar-refractivity contribution in [1.29, 1.82) is 0 Å². The van der Waals surface area contributed by atoms with Crippen molar-refractivity contribution < 1.29 is 36.6 Å². The van der Waals surface area contributed by atoms with Crippen molar-refractivity contribution in [3.05, 3.63) is 77.5 Å². The molecule has 0 aliphatic carbocycles. The van der Waals surface area contributed by atoms with Crippen molar-refractivity contribution in [3.8, 4) is 11.3 Å². The van der Waals surface area contributed by atoms with Gasteiger partial charge in [-0.1, -0.05) is 30.3 Å². The summed E-state index contributed by atoms with van der Waals surface area (Å²) in [7, 11) is 0.